The molecule has 106 valence electrons. The summed E-state index contributed by atoms with van der Waals surface area (Å²) in [6.07, 6.45) is 5.20. The van der Waals surface area contributed by atoms with Gasteiger partial charge < -0.3 is 10.2 Å². The van der Waals surface area contributed by atoms with Crippen molar-refractivity contribution in [2.45, 2.75) is 32.6 Å². The third-order valence-electron chi connectivity index (χ3n) is 4.24. The summed E-state index contributed by atoms with van der Waals surface area (Å²) in [6, 6.07) is 6.89. The number of hydrogen-bond acceptors (Lipinski definition) is 2. The lowest BCUT2D eigenvalue weighted by atomic mass is 9.85. The standard InChI is InChI=1S/C16H25FN2/c1-3-18-12-16(9-4-5-10-16)13-19(2)15-8-6-7-14(17)11-15/h6-8,11,18H,3-5,9-10,12-13H2,1-2H3. The predicted molar refractivity (Wildman–Crippen MR) is 79.1 cm³/mol. The average molecular weight is 264 g/mol. The van der Waals surface area contributed by atoms with E-state index in [2.05, 4.69) is 24.2 Å². The second kappa shape index (κ2) is 6.38. The fourth-order valence-electron chi connectivity index (χ4n) is 3.21. The van der Waals surface area contributed by atoms with E-state index in [1.807, 2.05) is 6.07 Å². The van der Waals surface area contributed by atoms with Gasteiger partial charge in [-0.25, -0.2) is 4.39 Å². The first-order valence-corrected chi connectivity index (χ1v) is 7.33. The number of rotatable bonds is 6. The number of hydrogen-bond donors (Lipinski definition) is 1. The molecule has 0 atom stereocenters. The molecule has 1 aliphatic rings. The molecule has 3 heteroatoms. The van der Waals surface area contributed by atoms with Crippen LogP contribution in [-0.4, -0.2) is 26.7 Å². The highest BCUT2D eigenvalue weighted by atomic mass is 19.1. The van der Waals surface area contributed by atoms with Crippen molar-refractivity contribution in [2.24, 2.45) is 5.41 Å². The molecular weight excluding hydrogens is 239 g/mol. The quantitative estimate of drug-likeness (QED) is 0.847. The minimum Gasteiger partial charge on any atom is -0.374 e. The normalized spacial score (nSPS) is 17.6. The molecule has 1 fully saturated rings. The van der Waals surface area contributed by atoms with Gasteiger partial charge in [-0.3, -0.25) is 0 Å². The summed E-state index contributed by atoms with van der Waals surface area (Å²) < 4.78 is 13.3. The van der Waals surface area contributed by atoms with Gasteiger partial charge in [0.25, 0.3) is 0 Å². The molecule has 0 bridgehead atoms. The minimum absolute atomic E-state index is 0.156. The fraction of sp³-hybridized carbons (Fsp3) is 0.625. The highest BCUT2D eigenvalue weighted by Crippen LogP contribution is 2.38. The SMILES string of the molecule is CCNCC1(CN(C)c2cccc(F)c2)CCCC1. The summed E-state index contributed by atoms with van der Waals surface area (Å²) in [4.78, 5) is 2.20. The van der Waals surface area contributed by atoms with Gasteiger partial charge in [-0.15, -0.1) is 0 Å². The van der Waals surface area contributed by atoms with Crippen LogP contribution in [0.15, 0.2) is 24.3 Å². The molecule has 1 aromatic rings. The smallest absolute Gasteiger partial charge is 0.125 e. The van der Waals surface area contributed by atoms with E-state index in [0.717, 1.165) is 25.3 Å². The Morgan fingerprint density at radius 3 is 2.68 bits per heavy atom. The van der Waals surface area contributed by atoms with Gasteiger partial charge in [0.1, 0.15) is 5.82 Å². The Labute approximate surface area is 116 Å². The van der Waals surface area contributed by atoms with Crippen molar-refractivity contribution in [1.29, 1.82) is 0 Å². The Kier molecular flexibility index (Phi) is 4.81. The lowest BCUT2D eigenvalue weighted by Gasteiger charge is -2.35. The Morgan fingerprint density at radius 2 is 2.05 bits per heavy atom. The highest BCUT2D eigenvalue weighted by Gasteiger charge is 2.34. The van der Waals surface area contributed by atoms with E-state index in [1.54, 1.807) is 12.1 Å². The fourth-order valence-corrected chi connectivity index (χ4v) is 3.21. The molecule has 0 heterocycles. The zero-order chi connectivity index (χ0) is 13.7. The summed E-state index contributed by atoms with van der Waals surface area (Å²) in [6.45, 7) is 5.25. The molecule has 0 unspecified atom stereocenters. The summed E-state index contributed by atoms with van der Waals surface area (Å²) >= 11 is 0. The van der Waals surface area contributed by atoms with Crippen LogP contribution in [0.2, 0.25) is 0 Å². The lowest BCUT2D eigenvalue weighted by Crippen LogP contribution is -2.41. The van der Waals surface area contributed by atoms with Gasteiger partial charge in [-0.1, -0.05) is 25.8 Å². The number of benzene rings is 1. The molecule has 2 rings (SSSR count). The van der Waals surface area contributed by atoms with Gasteiger partial charge in [-0.2, -0.15) is 0 Å². The predicted octanol–water partition coefficient (Wildman–Crippen LogP) is 3.43. The van der Waals surface area contributed by atoms with E-state index in [-0.39, 0.29) is 5.82 Å². The van der Waals surface area contributed by atoms with Crippen molar-refractivity contribution in [3.63, 3.8) is 0 Å². The van der Waals surface area contributed by atoms with Gasteiger partial charge >= 0.3 is 0 Å². The molecule has 19 heavy (non-hydrogen) atoms. The highest BCUT2D eigenvalue weighted by molar-refractivity contribution is 5.45. The molecule has 1 aliphatic carbocycles. The minimum atomic E-state index is -0.156. The van der Waals surface area contributed by atoms with Crippen LogP contribution in [0.3, 0.4) is 0 Å². The molecule has 0 saturated heterocycles. The number of halogens is 1. The maximum atomic E-state index is 13.3. The number of nitrogens with zero attached hydrogens (tertiary/aromatic N) is 1. The van der Waals surface area contributed by atoms with Crippen molar-refractivity contribution < 1.29 is 4.39 Å². The number of anilines is 1. The second-order valence-corrected chi connectivity index (χ2v) is 5.82. The Bertz CT molecular complexity index is 399. The largest absolute Gasteiger partial charge is 0.374 e. The summed E-state index contributed by atoms with van der Waals surface area (Å²) in [5.74, 6) is -0.156. The molecule has 1 saturated carbocycles. The van der Waals surface area contributed by atoms with Crippen LogP contribution in [0.1, 0.15) is 32.6 Å². The third kappa shape index (κ3) is 3.69. The first-order chi connectivity index (χ1) is 9.15. The molecule has 1 N–H and O–H groups in total. The van der Waals surface area contributed by atoms with Crippen LogP contribution in [0.5, 0.6) is 0 Å². The first kappa shape index (κ1) is 14.3. The molecular formula is C16H25FN2. The Hall–Kier alpha value is -1.09. The van der Waals surface area contributed by atoms with Crippen LogP contribution < -0.4 is 10.2 Å². The lowest BCUT2D eigenvalue weighted by molar-refractivity contribution is 0.289. The monoisotopic (exact) mass is 264 g/mol. The van der Waals surface area contributed by atoms with Gasteiger partial charge in [0.05, 0.1) is 0 Å². The van der Waals surface area contributed by atoms with E-state index in [4.69, 9.17) is 0 Å². The van der Waals surface area contributed by atoms with Crippen molar-refractivity contribution >= 4 is 5.69 Å². The van der Waals surface area contributed by atoms with E-state index in [0.29, 0.717) is 5.41 Å². The van der Waals surface area contributed by atoms with E-state index >= 15 is 0 Å². The van der Waals surface area contributed by atoms with Crippen LogP contribution in [0.4, 0.5) is 10.1 Å². The average Bonchev–Trinajstić information content (AvgIpc) is 2.85. The zero-order valence-electron chi connectivity index (χ0n) is 12.1. The molecule has 2 nitrogen and oxygen atoms in total. The van der Waals surface area contributed by atoms with Gasteiger partial charge in [-0.05, 0) is 37.6 Å². The van der Waals surface area contributed by atoms with Crippen LogP contribution in [0.25, 0.3) is 0 Å². The first-order valence-electron chi connectivity index (χ1n) is 7.33. The van der Waals surface area contributed by atoms with Crippen molar-refractivity contribution in [1.82, 2.24) is 5.32 Å². The topological polar surface area (TPSA) is 15.3 Å². The molecule has 0 amide bonds. The van der Waals surface area contributed by atoms with Crippen molar-refractivity contribution in [3.8, 4) is 0 Å². The molecule has 0 spiro atoms. The number of nitrogens with one attached hydrogen (secondary N) is 1. The van der Waals surface area contributed by atoms with Crippen molar-refractivity contribution in [3.05, 3.63) is 30.1 Å². The maximum Gasteiger partial charge on any atom is 0.125 e. The Morgan fingerprint density at radius 1 is 1.32 bits per heavy atom. The van der Waals surface area contributed by atoms with E-state index < -0.39 is 0 Å². The van der Waals surface area contributed by atoms with Crippen LogP contribution >= 0.6 is 0 Å². The van der Waals surface area contributed by atoms with E-state index in [1.165, 1.54) is 31.7 Å². The van der Waals surface area contributed by atoms with Crippen LogP contribution in [-0.2, 0) is 0 Å². The summed E-state index contributed by atoms with van der Waals surface area (Å²) in [5, 5.41) is 3.50. The summed E-state index contributed by atoms with van der Waals surface area (Å²) in [7, 11) is 2.07. The van der Waals surface area contributed by atoms with Crippen LogP contribution in [0, 0.1) is 11.2 Å². The molecule has 0 aliphatic heterocycles. The zero-order valence-corrected chi connectivity index (χ0v) is 12.1. The molecule has 1 aromatic carbocycles. The van der Waals surface area contributed by atoms with Gasteiger partial charge in [0, 0.05) is 31.2 Å². The van der Waals surface area contributed by atoms with Gasteiger partial charge in [0.2, 0.25) is 0 Å². The van der Waals surface area contributed by atoms with Crippen molar-refractivity contribution in [2.75, 3.05) is 31.6 Å². The Balaban J connectivity index is 2.04. The third-order valence-corrected chi connectivity index (χ3v) is 4.24. The summed E-state index contributed by atoms with van der Waals surface area (Å²) in [5.41, 5.74) is 1.33. The second-order valence-electron chi connectivity index (χ2n) is 5.82. The molecule has 0 aromatic heterocycles. The van der Waals surface area contributed by atoms with E-state index in [9.17, 15) is 4.39 Å². The maximum absolute atomic E-state index is 13.3. The van der Waals surface area contributed by atoms with Gasteiger partial charge in [0.15, 0.2) is 0 Å². The molecule has 0 radical (unpaired) electrons.